The lowest BCUT2D eigenvalue weighted by Gasteiger charge is -2.23. The van der Waals surface area contributed by atoms with Gasteiger partial charge in [-0.05, 0) is 31.0 Å². The molecule has 0 saturated heterocycles. The largest absolute Gasteiger partial charge is 0.416 e. The molecular weight excluding hydrogens is 345 g/mol. The van der Waals surface area contributed by atoms with Crippen LogP contribution in [0.2, 0.25) is 0 Å². The van der Waals surface area contributed by atoms with Gasteiger partial charge in [-0.15, -0.1) is 0 Å². The highest BCUT2D eigenvalue weighted by Crippen LogP contribution is 2.30. The number of alkyl halides is 3. The molecule has 0 unspecified atom stereocenters. The average Bonchev–Trinajstić information content (AvgIpc) is 2.62. The summed E-state index contributed by atoms with van der Waals surface area (Å²) in [6, 6.07) is 6.31. The monoisotopic (exact) mass is 364 g/mol. The highest BCUT2D eigenvalue weighted by atomic mass is 19.4. The standard InChI is InChI=1S/C18H19F3N4O/c19-18(20,21)12-5-4-8-14(9-12)25-17(26)15-10-16(23-11-22-15)24-13-6-2-1-3-7-13/h4-5,8-11,13H,1-3,6-7H2,(H,25,26)(H,22,23,24). The van der Waals surface area contributed by atoms with Crippen molar-refractivity contribution in [2.75, 3.05) is 10.6 Å². The van der Waals surface area contributed by atoms with Crippen LogP contribution in [0.5, 0.6) is 0 Å². The Bertz CT molecular complexity index is 773. The number of carbonyl (C=O) groups excluding carboxylic acids is 1. The summed E-state index contributed by atoms with van der Waals surface area (Å²) >= 11 is 0. The van der Waals surface area contributed by atoms with Crippen molar-refractivity contribution < 1.29 is 18.0 Å². The molecule has 2 aromatic rings. The van der Waals surface area contributed by atoms with Crippen LogP contribution in [0.15, 0.2) is 36.7 Å². The van der Waals surface area contributed by atoms with E-state index in [1.54, 1.807) is 0 Å². The van der Waals surface area contributed by atoms with E-state index in [4.69, 9.17) is 0 Å². The maximum Gasteiger partial charge on any atom is 0.416 e. The smallest absolute Gasteiger partial charge is 0.367 e. The van der Waals surface area contributed by atoms with Crippen molar-refractivity contribution in [3.8, 4) is 0 Å². The summed E-state index contributed by atoms with van der Waals surface area (Å²) in [4.78, 5) is 20.3. The second-order valence-electron chi connectivity index (χ2n) is 6.30. The molecule has 5 nitrogen and oxygen atoms in total. The minimum Gasteiger partial charge on any atom is -0.367 e. The molecule has 2 N–H and O–H groups in total. The van der Waals surface area contributed by atoms with Crippen molar-refractivity contribution in [1.82, 2.24) is 9.97 Å². The van der Waals surface area contributed by atoms with E-state index < -0.39 is 17.6 Å². The van der Waals surface area contributed by atoms with Gasteiger partial charge in [-0.25, -0.2) is 9.97 Å². The van der Waals surface area contributed by atoms with E-state index in [1.807, 2.05) is 0 Å². The first-order valence-electron chi connectivity index (χ1n) is 8.49. The first-order valence-corrected chi connectivity index (χ1v) is 8.49. The Morgan fingerprint density at radius 2 is 1.85 bits per heavy atom. The van der Waals surface area contributed by atoms with Gasteiger partial charge < -0.3 is 10.6 Å². The van der Waals surface area contributed by atoms with Crippen LogP contribution in [-0.2, 0) is 6.18 Å². The molecule has 1 aromatic heterocycles. The van der Waals surface area contributed by atoms with Crippen LogP contribution in [0.3, 0.4) is 0 Å². The number of aromatic nitrogens is 2. The first kappa shape index (κ1) is 18.2. The molecule has 3 rings (SSSR count). The molecule has 1 heterocycles. The van der Waals surface area contributed by atoms with Crippen LogP contribution in [-0.4, -0.2) is 21.9 Å². The molecule has 1 aliphatic carbocycles. The number of carbonyl (C=O) groups is 1. The molecule has 1 aliphatic rings. The third kappa shape index (κ3) is 4.71. The quantitative estimate of drug-likeness (QED) is 0.839. The molecule has 0 bridgehead atoms. The summed E-state index contributed by atoms with van der Waals surface area (Å²) in [5.41, 5.74) is -0.668. The number of hydrogen-bond acceptors (Lipinski definition) is 4. The molecule has 1 aromatic carbocycles. The zero-order chi connectivity index (χ0) is 18.6. The van der Waals surface area contributed by atoms with E-state index >= 15 is 0 Å². The van der Waals surface area contributed by atoms with E-state index in [-0.39, 0.29) is 11.4 Å². The van der Waals surface area contributed by atoms with Gasteiger partial charge in [0.25, 0.3) is 5.91 Å². The number of halogens is 3. The fourth-order valence-corrected chi connectivity index (χ4v) is 2.98. The maximum absolute atomic E-state index is 12.8. The number of anilines is 2. The van der Waals surface area contributed by atoms with Gasteiger partial charge in [-0.3, -0.25) is 4.79 Å². The lowest BCUT2D eigenvalue weighted by molar-refractivity contribution is -0.137. The molecule has 26 heavy (non-hydrogen) atoms. The van der Waals surface area contributed by atoms with E-state index in [2.05, 4.69) is 20.6 Å². The number of benzene rings is 1. The van der Waals surface area contributed by atoms with Crippen LogP contribution in [0, 0.1) is 0 Å². The van der Waals surface area contributed by atoms with Crippen molar-refractivity contribution in [3.63, 3.8) is 0 Å². The fourth-order valence-electron chi connectivity index (χ4n) is 2.98. The zero-order valence-electron chi connectivity index (χ0n) is 14.0. The molecule has 8 heteroatoms. The summed E-state index contributed by atoms with van der Waals surface area (Å²) < 4.78 is 38.3. The molecule has 138 valence electrons. The summed E-state index contributed by atoms with van der Waals surface area (Å²) in [5.74, 6) is -0.0421. The predicted molar refractivity (Wildman–Crippen MR) is 91.9 cm³/mol. The molecule has 0 aliphatic heterocycles. The Morgan fingerprint density at radius 1 is 1.08 bits per heavy atom. The molecule has 0 spiro atoms. The predicted octanol–water partition coefficient (Wildman–Crippen LogP) is 4.49. The van der Waals surface area contributed by atoms with Crippen LogP contribution in [0.4, 0.5) is 24.7 Å². The Labute approximate surface area is 149 Å². The van der Waals surface area contributed by atoms with Crippen molar-refractivity contribution in [3.05, 3.63) is 47.9 Å². The van der Waals surface area contributed by atoms with Gasteiger partial charge in [0.05, 0.1) is 5.56 Å². The van der Waals surface area contributed by atoms with Gasteiger partial charge in [0.15, 0.2) is 0 Å². The summed E-state index contributed by atoms with van der Waals surface area (Å²) in [6.07, 6.45) is 2.45. The normalized spacial score (nSPS) is 15.5. The van der Waals surface area contributed by atoms with Crippen LogP contribution in [0.1, 0.15) is 48.2 Å². The Hall–Kier alpha value is -2.64. The Balaban J connectivity index is 1.69. The first-order chi connectivity index (χ1) is 12.4. The van der Waals surface area contributed by atoms with Gasteiger partial charge in [-0.1, -0.05) is 25.3 Å². The van der Waals surface area contributed by atoms with Gasteiger partial charge in [0.2, 0.25) is 0 Å². The molecular formula is C18H19F3N4O. The minimum absolute atomic E-state index is 0.0604. The maximum atomic E-state index is 12.8. The highest BCUT2D eigenvalue weighted by molar-refractivity contribution is 6.03. The zero-order valence-corrected chi connectivity index (χ0v) is 14.0. The highest BCUT2D eigenvalue weighted by Gasteiger charge is 2.30. The van der Waals surface area contributed by atoms with Gasteiger partial charge in [0.1, 0.15) is 17.8 Å². The van der Waals surface area contributed by atoms with E-state index in [0.29, 0.717) is 11.9 Å². The number of amides is 1. The fraction of sp³-hybridized carbons (Fsp3) is 0.389. The number of hydrogen-bond donors (Lipinski definition) is 2. The van der Waals surface area contributed by atoms with Crippen LogP contribution < -0.4 is 10.6 Å². The van der Waals surface area contributed by atoms with E-state index in [9.17, 15) is 18.0 Å². The number of nitrogens with one attached hydrogen (secondary N) is 2. The summed E-state index contributed by atoms with van der Waals surface area (Å²) in [5, 5.41) is 5.73. The lowest BCUT2D eigenvalue weighted by Crippen LogP contribution is -2.23. The van der Waals surface area contributed by atoms with Crippen molar-refractivity contribution in [2.24, 2.45) is 0 Å². The van der Waals surface area contributed by atoms with Crippen LogP contribution in [0.25, 0.3) is 0 Å². The van der Waals surface area contributed by atoms with E-state index in [1.165, 1.54) is 30.9 Å². The molecule has 1 amide bonds. The van der Waals surface area contributed by atoms with Crippen molar-refractivity contribution in [2.45, 2.75) is 44.3 Å². The van der Waals surface area contributed by atoms with Gasteiger partial charge in [0, 0.05) is 17.8 Å². The summed E-state index contributed by atoms with van der Waals surface area (Å²) in [6.45, 7) is 0. The number of nitrogens with zero attached hydrogens (tertiary/aromatic N) is 2. The third-order valence-corrected chi connectivity index (χ3v) is 4.30. The second kappa shape index (κ2) is 7.72. The molecule has 0 atom stereocenters. The van der Waals surface area contributed by atoms with Gasteiger partial charge >= 0.3 is 6.18 Å². The molecule has 0 radical (unpaired) electrons. The molecule has 1 fully saturated rings. The SMILES string of the molecule is O=C(Nc1cccc(C(F)(F)F)c1)c1cc(NC2CCCCC2)ncn1. The number of rotatable bonds is 4. The minimum atomic E-state index is -4.47. The topological polar surface area (TPSA) is 66.9 Å². The Morgan fingerprint density at radius 3 is 2.58 bits per heavy atom. The van der Waals surface area contributed by atoms with Crippen molar-refractivity contribution >= 4 is 17.4 Å². The lowest BCUT2D eigenvalue weighted by atomic mass is 9.95. The van der Waals surface area contributed by atoms with Gasteiger partial charge in [-0.2, -0.15) is 13.2 Å². The molecule has 1 saturated carbocycles. The second-order valence-corrected chi connectivity index (χ2v) is 6.30. The van der Waals surface area contributed by atoms with E-state index in [0.717, 1.165) is 37.8 Å². The summed E-state index contributed by atoms with van der Waals surface area (Å²) in [7, 11) is 0. The van der Waals surface area contributed by atoms with Crippen LogP contribution >= 0.6 is 0 Å². The Kier molecular flexibility index (Phi) is 5.39. The third-order valence-electron chi connectivity index (χ3n) is 4.30. The van der Waals surface area contributed by atoms with Crippen molar-refractivity contribution in [1.29, 1.82) is 0 Å². The average molecular weight is 364 g/mol.